The van der Waals surface area contributed by atoms with Gasteiger partial charge in [-0.1, -0.05) is 6.07 Å². The van der Waals surface area contributed by atoms with E-state index < -0.39 is 35.8 Å². The summed E-state index contributed by atoms with van der Waals surface area (Å²) >= 11 is 0. The van der Waals surface area contributed by atoms with Gasteiger partial charge >= 0.3 is 6.18 Å². The van der Waals surface area contributed by atoms with Crippen LogP contribution in [0, 0.1) is 5.92 Å². The quantitative estimate of drug-likeness (QED) is 0.409. The predicted octanol–water partition coefficient (Wildman–Crippen LogP) is 4.63. The first kappa shape index (κ1) is 27.4. The molecule has 13 heteroatoms. The van der Waals surface area contributed by atoms with Gasteiger partial charge in [0.15, 0.2) is 0 Å². The average Bonchev–Trinajstić information content (AvgIpc) is 3.53. The van der Waals surface area contributed by atoms with Gasteiger partial charge in [0.2, 0.25) is 11.8 Å². The molecule has 212 valence electrons. The lowest BCUT2D eigenvalue weighted by molar-refractivity contribution is -0.137. The highest BCUT2D eigenvalue weighted by atomic mass is 19.4. The summed E-state index contributed by atoms with van der Waals surface area (Å²) in [5, 5.41) is 9.54. The fourth-order valence-electron chi connectivity index (χ4n) is 5.09. The number of hydrogen-bond donors (Lipinski definition) is 2. The molecule has 2 aliphatic rings. The van der Waals surface area contributed by atoms with Crippen molar-refractivity contribution in [2.45, 2.75) is 44.1 Å². The van der Waals surface area contributed by atoms with E-state index in [-0.39, 0.29) is 42.6 Å². The van der Waals surface area contributed by atoms with E-state index in [0.717, 1.165) is 12.3 Å². The Morgan fingerprint density at radius 3 is 2.73 bits per heavy atom. The number of carbonyl (C=O) groups is 2. The summed E-state index contributed by atoms with van der Waals surface area (Å²) < 4.78 is 60.8. The van der Waals surface area contributed by atoms with Crippen molar-refractivity contribution in [2.75, 3.05) is 23.4 Å². The van der Waals surface area contributed by atoms with Crippen LogP contribution in [-0.2, 0) is 18.0 Å². The van der Waals surface area contributed by atoms with Gasteiger partial charge in [-0.2, -0.15) is 18.3 Å². The van der Waals surface area contributed by atoms with E-state index in [9.17, 15) is 27.2 Å². The monoisotopic (exact) mass is 560 g/mol. The number of carbonyl (C=O) groups excluding carboxylic acids is 2. The van der Waals surface area contributed by atoms with Crippen LogP contribution in [0.5, 0.6) is 5.88 Å². The van der Waals surface area contributed by atoms with Gasteiger partial charge in [-0.3, -0.25) is 14.3 Å². The van der Waals surface area contributed by atoms with Crippen molar-refractivity contribution in [3.8, 4) is 5.88 Å². The molecule has 3 aromatic rings. The number of amides is 2. The van der Waals surface area contributed by atoms with Gasteiger partial charge < -0.3 is 20.3 Å². The smallest absolute Gasteiger partial charge is 0.417 e. The summed E-state index contributed by atoms with van der Waals surface area (Å²) in [6.45, 7) is 0.429. The Morgan fingerprint density at radius 2 is 2.02 bits per heavy atom. The molecule has 9 nitrogen and oxygen atoms in total. The van der Waals surface area contributed by atoms with Gasteiger partial charge in [0.05, 0.1) is 24.0 Å². The van der Waals surface area contributed by atoms with E-state index in [1.54, 1.807) is 36.3 Å². The number of hydrogen-bond acceptors (Lipinski definition) is 6. The van der Waals surface area contributed by atoms with Crippen LogP contribution >= 0.6 is 0 Å². The number of pyridine rings is 1. The maximum atomic E-state index is 13.8. The van der Waals surface area contributed by atoms with Crippen molar-refractivity contribution in [1.82, 2.24) is 20.1 Å². The molecule has 40 heavy (non-hydrogen) atoms. The maximum absolute atomic E-state index is 13.8. The van der Waals surface area contributed by atoms with Gasteiger partial charge in [-0.25, -0.2) is 9.37 Å². The minimum Gasteiger partial charge on any atom is -0.474 e. The lowest BCUT2D eigenvalue weighted by Gasteiger charge is -2.31. The molecule has 0 saturated heterocycles. The molecular formula is C27H28F4N6O3. The number of nitrogens with zero attached hydrogens (tertiary/aromatic N) is 4. The highest BCUT2D eigenvalue weighted by molar-refractivity contribution is 6.01. The Labute approximate surface area is 227 Å². The highest BCUT2D eigenvalue weighted by Crippen LogP contribution is 2.39. The van der Waals surface area contributed by atoms with Crippen molar-refractivity contribution >= 4 is 28.9 Å². The third-order valence-corrected chi connectivity index (χ3v) is 7.06. The molecular weight excluding hydrogens is 532 g/mol. The molecule has 0 radical (unpaired) electrons. The molecule has 2 aromatic heterocycles. The first-order chi connectivity index (χ1) is 19.1. The lowest BCUT2D eigenvalue weighted by Crippen LogP contribution is -2.44. The minimum absolute atomic E-state index is 0.0592. The standard InChI is InChI=1S/C27H28F4N6O3/c1-36-15-20(14-33-36)34-25(39)22(10-16-5-6-19(28)9-16)35-24(38)17-3-2-4-21(11-17)37-7-8-40-26-23(37)12-18(13-32-26)27(29,30)31/h2-4,11-16,19,22H,5-10H2,1H3,(H,34,39)(H,35,38)/t16-,19+,22-/m0/s1. The number of rotatable bonds is 7. The van der Waals surface area contributed by atoms with Crippen LogP contribution < -0.4 is 20.3 Å². The maximum Gasteiger partial charge on any atom is 0.417 e. The Bertz CT molecular complexity index is 1390. The van der Waals surface area contributed by atoms with E-state index in [4.69, 9.17) is 4.74 Å². The number of benzene rings is 1. The normalized spacial score (nSPS) is 19.5. The van der Waals surface area contributed by atoms with Crippen LogP contribution in [0.2, 0.25) is 0 Å². The van der Waals surface area contributed by atoms with Crippen LogP contribution in [0.4, 0.5) is 34.6 Å². The van der Waals surface area contributed by atoms with Crippen LogP contribution in [-0.4, -0.2) is 51.9 Å². The van der Waals surface area contributed by atoms with Gasteiger partial charge in [-0.15, -0.1) is 0 Å². The Morgan fingerprint density at radius 1 is 1.20 bits per heavy atom. The Kier molecular flexibility index (Phi) is 7.63. The van der Waals surface area contributed by atoms with E-state index in [1.807, 2.05) is 0 Å². The second-order valence-corrected chi connectivity index (χ2v) is 10.0. The first-order valence-electron chi connectivity index (χ1n) is 12.9. The molecule has 0 spiro atoms. The third kappa shape index (κ3) is 6.18. The zero-order valence-electron chi connectivity index (χ0n) is 21.6. The number of alkyl halides is 4. The molecule has 2 N–H and O–H groups in total. The van der Waals surface area contributed by atoms with Crippen molar-refractivity contribution in [1.29, 1.82) is 0 Å². The minimum atomic E-state index is -4.58. The molecule has 3 heterocycles. The fraction of sp³-hybridized carbons (Fsp3) is 0.407. The predicted molar refractivity (Wildman–Crippen MR) is 138 cm³/mol. The fourth-order valence-corrected chi connectivity index (χ4v) is 5.09. The summed E-state index contributed by atoms with van der Waals surface area (Å²) in [4.78, 5) is 31.9. The Balaban J connectivity index is 1.36. The average molecular weight is 561 g/mol. The number of halogens is 4. The molecule has 5 rings (SSSR count). The number of ether oxygens (including phenoxy) is 1. The van der Waals surface area contributed by atoms with E-state index in [0.29, 0.717) is 30.6 Å². The lowest BCUT2D eigenvalue weighted by atomic mass is 9.97. The molecule has 1 fully saturated rings. The van der Waals surface area contributed by atoms with Crippen molar-refractivity contribution in [2.24, 2.45) is 13.0 Å². The highest BCUT2D eigenvalue weighted by Gasteiger charge is 2.34. The zero-order chi connectivity index (χ0) is 28.4. The zero-order valence-corrected chi connectivity index (χ0v) is 21.6. The molecule has 1 aliphatic carbocycles. The summed E-state index contributed by atoms with van der Waals surface area (Å²) in [5.74, 6) is -0.998. The molecule has 1 aliphatic heterocycles. The third-order valence-electron chi connectivity index (χ3n) is 7.06. The van der Waals surface area contributed by atoms with Gasteiger partial charge in [0.1, 0.15) is 24.5 Å². The van der Waals surface area contributed by atoms with Crippen molar-refractivity contribution in [3.05, 3.63) is 60.0 Å². The topological polar surface area (TPSA) is 101 Å². The van der Waals surface area contributed by atoms with Crippen LogP contribution in [0.1, 0.15) is 41.6 Å². The molecule has 0 unspecified atom stereocenters. The number of anilines is 3. The summed E-state index contributed by atoms with van der Waals surface area (Å²) in [6, 6.07) is 6.39. The number of aromatic nitrogens is 3. The van der Waals surface area contributed by atoms with Gasteiger partial charge in [-0.05, 0) is 55.9 Å². The second-order valence-electron chi connectivity index (χ2n) is 10.0. The van der Waals surface area contributed by atoms with Crippen molar-refractivity contribution in [3.63, 3.8) is 0 Å². The number of nitrogens with one attached hydrogen (secondary N) is 2. The van der Waals surface area contributed by atoms with Crippen LogP contribution in [0.15, 0.2) is 48.9 Å². The van der Waals surface area contributed by atoms with Gasteiger partial charge in [0, 0.05) is 30.7 Å². The Hall–Kier alpha value is -4.16. The summed E-state index contributed by atoms with van der Waals surface area (Å²) in [6.07, 6.45) is -0.0649. The number of aryl methyl sites for hydroxylation is 1. The van der Waals surface area contributed by atoms with Crippen molar-refractivity contribution < 1.29 is 31.9 Å². The van der Waals surface area contributed by atoms with E-state index in [1.165, 1.54) is 16.9 Å². The van der Waals surface area contributed by atoms with Crippen LogP contribution in [0.3, 0.4) is 0 Å². The van der Waals surface area contributed by atoms with Crippen LogP contribution in [0.25, 0.3) is 0 Å². The largest absolute Gasteiger partial charge is 0.474 e. The molecule has 1 saturated carbocycles. The number of fused-ring (bicyclic) bond motifs is 1. The van der Waals surface area contributed by atoms with E-state index >= 15 is 0 Å². The molecule has 1 aromatic carbocycles. The first-order valence-corrected chi connectivity index (χ1v) is 12.9. The molecule has 2 amide bonds. The second kappa shape index (κ2) is 11.1. The summed E-state index contributed by atoms with van der Waals surface area (Å²) in [7, 11) is 1.70. The summed E-state index contributed by atoms with van der Waals surface area (Å²) in [5.41, 5.74) is 0.349. The van der Waals surface area contributed by atoms with Gasteiger partial charge in [0.25, 0.3) is 5.91 Å². The SMILES string of the molecule is Cn1cc(NC(=O)[C@H](C[C@H]2CC[C@@H](F)C2)NC(=O)c2cccc(N3CCOc4ncc(C(F)(F)F)cc43)c2)cn1. The molecule has 0 bridgehead atoms. The molecule has 3 atom stereocenters. The van der Waals surface area contributed by atoms with E-state index in [2.05, 4.69) is 20.7 Å².